The molecule has 5 heterocycles. The molecule has 3 aliphatic rings. The largest absolute Gasteiger partial charge is 0.502 e. The minimum absolute atomic E-state index is 0.00705. The van der Waals surface area contributed by atoms with Crippen molar-refractivity contribution in [2.24, 2.45) is 21.9 Å². The minimum Gasteiger partial charge on any atom is -0.502 e. The topological polar surface area (TPSA) is 182 Å². The number of alkyl halides is 3. The highest BCUT2D eigenvalue weighted by atomic mass is 35.5. The summed E-state index contributed by atoms with van der Waals surface area (Å²) in [4.78, 5) is 57.6. The van der Waals surface area contributed by atoms with Crippen LogP contribution in [0.4, 0.5) is 24.5 Å². The average molecular weight is 809 g/mol. The number of hydrogen-bond donors (Lipinski definition) is 3. The van der Waals surface area contributed by atoms with Gasteiger partial charge >= 0.3 is 6.18 Å². The minimum atomic E-state index is -4.62. The molecule has 304 valence electrons. The normalized spacial score (nSPS) is 19.3. The van der Waals surface area contributed by atoms with Gasteiger partial charge in [-0.2, -0.15) is 28.0 Å². The maximum Gasteiger partial charge on any atom is 0.416 e. The van der Waals surface area contributed by atoms with E-state index < -0.39 is 41.1 Å². The van der Waals surface area contributed by atoms with Gasteiger partial charge in [0, 0.05) is 57.8 Å². The second-order valence-corrected chi connectivity index (χ2v) is 13.9. The number of nitrogens with zero attached hydrogens (tertiary/aromatic N) is 8. The molecule has 3 aromatic rings. The molecule has 0 bridgehead atoms. The Hall–Kier alpha value is -4.60. The van der Waals surface area contributed by atoms with Crippen molar-refractivity contribution in [2.45, 2.75) is 45.8 Å². The number of aromatic nitrogens is 4. The fourth-order valence-corrected chi connectivity index (χ4v) is 7.28. The maximum atomic E-state index is 14.3. The number of carbonyl (C=O) groups is 1. The van der Waals surface area contributed by atoms with Gasteiger partial charge in [-0.05, 0) is 31.7 Å². The molecular weight excluding hydrogens is 765 g/mol. The Bertz CT molecular complexity index is 2130. The van der Waals surface area contributed by atoms with Crippen LogP contribution < -0.4 is 32.3 Å². The fourth-order valence-electron chi connectivity index (χ4n) is 7.05. The first-order valence-corrected chi connectivity index (χ1v) is 18.5. The van der Waals surface area contributed by atoms with Gasteiger partial charge in [0.2, 0.25) is 17.3 Å². The number of hydrogen-bond acceptors (Lipinski definition) is 13. The first kappa shape index (κ1) is 41.0. The zero-order valence-electron chi connectivity index (χ0n) is 31.0. The Morgan fingerprint density at radius 1 is 1.12 bits per heavy atom. The molecule has 2 saturated heterocycles. The molecule has 0 saturated carbocycles. The van der Waals surface area contributed by atoms with Crippen molar-refractivity contribution in [1.29, 1.82) is 0 Å². The summed E-state index contributed by atoms with van der Waals surface area (Å²) in [5.41, 5.74) is -1.17. The summed E-state index contributed by atoms with van der Waals surface area (Å²) in [7, 11) is 1.84. The van der Waals surface area contributed by atoms with Gasteiger partial charge in [-0.25, -0.2) is 4.98 Å². The van der Waals surface area contributed by atoms with Crippen LogP contribution in [0.15, 0.2) is 37.9 Å². The molecule has 2 unspecified atom stereocenters. The van der Waals surface area contributed by atoms with Gasteiger partial charge in [0.25, 0.3) is 11.1 Å². The Morgan fingerprint density at radius 2 is 1.88 bits per heavy atom. The van der Waals surface area contributed by atoms with Crippen molar-refractivity contribution in [3.8, 4) is 5.75 Å². The molecule has 0 aliphatic carbocycles. The first-order valence-electron chi connectivity index (χ1n) is 18.1. The highest BCUT2D eigenvalue weighted by Gasteiger charge is 2.32. The molecule has 56 heavy (non-hydrogen) atoms. The molecule has 3 aliphatic heterocycles. The Morgan fingerprint density at radius 3 is 2.55 bits per heavy atom. The number of halogens is 4. The van der Waals surface area contributed by atoms with E-state index in [2.05, 4.69) is 27.4 Å². The van der Waals surface area contributed by atoms with Gasteiger partial charge in [0.1, 0.15) is 37.0 Å². The molecule has 2 atom stereocenters. The van der Waals surface area contributed by atoms with Crippen molar-refractivity contribution in [1.82, 2.24) is 29.2 Å². The van der Waals surface area contributed by atoms with Crippen LogP contribution in [0.5, 0.6) is 5.75 Å². The number of carbonyl (C=O) groups excluding carboxylic acids is 1. The number of benzene rings is 1. The first-order chi connectivity index (χ1) is 26.8. The number of nitrogens with one attached hydrogen (secondary N) is 2. The van der Waals surface area contributed by atoms with Crippen molar-refractivity contribution in [3.63, 3.8) is 0 Å². The third kappa shape index (κ3) is 8.84. The second-order valence-electron chi connectivity index (χ2n) is 13.5. The van der Waals surface area contributed by atoms with Crippen LogP contribution >= 0.6 is 11.6 Å². The SMILES string of the molecule is C=Nn1c(=O)c(N2CCN(OCc3nc4n(c(=O)c3O)CCOC4)CC2)c(CC)n(CC(=O)Nc2ccc(C(F)(F)F)cc2Cl)c1=NCC1COCC1CNC. The van der Waals surface area contributed by atoms with Crippen molar-refractivity contribution >= 4 is 35.6 Å². The monoisotopic (exact) mass is 808 g/mol. The Kier molecular flexibility index (Phi) is 13.0. The predicted molar refractivity (Wildman–Crippen MR) is 199 cm³/mol. The maximum absolute atomic E-state index is 14.3. The Labute approximate surface area is 323 Å². The van der Waals surface area contributed by atoms with E-state index in [1.807, 2.05) is 18.9 Å². The van der Waals surface area contributed by atoms with Crippen molar-refractivity contribution in [2.75, 3.05) is 76.4 Å². The smallest absolute Gasteiger partial charge is 0.416 e. The number of hydroxylamine groups is 2. The molecule has 3 N–H and O–H groups in total. The van der Waals surface area contributed by atoms with Gasteiger partial charge in [0.15, 0.2) is 0 Å². The lowest BCUT2D eigenvalue weighted by atomic mass is 9.96. The lowest BCUT2D eigenvalue weighted by Crippen LogP contribution is -2.51. The highest BCUT2D eigenvalue weighted by molar-refractivity contribution is 6.33. The molecule has 2 aromatic heterocycles. The molecule has 2 fully saturated rings. The number of amides is 1. The van der Waals surface area contributed by atoms with Crippen LogP contribution in [0.1, 0.15) is 29.7 Å². The van der Waals surface area contributed by atoms with E-state index in [-0.39, 0.29) is 65.7 Å². The quantitative estimate of drug-likeness (QED) is 0.213. The zero-order chi connectivity index (χ0) is 40.1. The molecule has 1 amide bonds. The molecule has 0 spiro atoms. The summed E-state index contributed by atoms with van der Waals surface area (Å²) in [6.45, 7) is 8.84. The molecule has 17 nitrogen and oxygen atoms in total. The van der Waals surface area contributed by atoms with Crippen molar-refractivity contribution in [3.05, 3.63) is 72.3 Å². The summed E-state index contributed by atoms with van der Waals surface area (Å²) >= 11 is 6.16. The summed E-state index contributed by atoms with van der Waals surface area (Å²) in [5.74, 6) is -0.561. The Balaban J connectivity index is 1.28. The lowest BCUT2D eigenvalue weighted by molar-refractivity contribution is -0.173. The van der Waals surface area contributed by atoms with Gasteiger partial charge < -0.3 is 34.7 Å². The number of ether oxygens (including phenoxy) is 2. The lowest BCUT2D eigenvalue weighted by Gasteiger charge is -2.36. The van der Waals surface area contributed by atoms with Crippen LogP contribution in [0.3, 0.4) is 0 Å². The van der Waals surface area contributed by atoms with E-state index in [1.54, 1.807) is 9.63 Å². The highest BCUT2D eigenvalue weighted by Crippen LogP contribution is 2.34. The van der Waals surface area contributed by atoms with Gasteiger partial charge in [-0.15, -0.1) is 0 Å². The predicted octanol–water partition coefficient (Wildman–Crippen LogP) is 1.42. The van der Waals surface area contributed by atoms with Gasteiger partial charge in [-0.3, -0.25) is 28.8 Å². The van der Waals surface area contributed by atoms with Crippen molar-refractivity contribution < 1.29 is 37.4 Å². The summed E-state index contributed by atoms with van der Waals surface area (Å²) < 4.78 is 54.9. The van der Waals surface area contributed by atoms with E-state index in [0.717, 1.165) is 22.9 Å². The molecule has 0 radical (unpaired) electrons. The van der Waals surface area contributed by atoms with Crippen LogP contribution in [0, 0.1) is 11.8 Å². The number of fused-ring (bicyclic) bond motifs is 1. The molecule has 21 heteroatoms. The number of anilines is 2. The molecule has 6 rings (SSSR count). The standard InChI is InChI=1S/C35H44ClF3N10O7/c1-4-27-30(45-7-9-46(10-8-45)56-19-26-31(51)33(53)47-11-12-54-20-28(47)43-26)32(52)49(41-3)34(42-15-22-18-55-17-21(22)14-40-2)48(27)16-29(50)44-25-6-5-23(13-24(25)36)35(37,38)39/h5-6,13,21-22,40,51H,3-4,7-12,14-20H2,1-2H3,(H,44,50). The van der Waals surface area contributed by atoms with E-state index in [4.69, 9.17) is 30.9 Å². The summed E-state index contributed by atoms with van der Waals surface area (Å²) in [6, 6.07) is 2.64. The van der Waals surface area contributed by atoms with Crippen LogP contribution in [-0.4, -0.2) is 108 Å². The summed E-state index contributed by atoms with van der Waals surface area (Å²) in [5, 5.41) is 21.6. The number of piperazine rings is 1. The van der Waals surface area contributed by atoms with E-state index in [0.29, 0.717) is 70.6 Å². The number of aromatic hydroxyl groups is 1. The third-order valence-corrected chi connectivity index (χ3v) is 10.3. The summed E-state index contributed by atoms with van der Waals surface area (Å²) in [6.07, 6.45) is -4.34. The van der Waals surface area contributed by atoms with Crippen LogP contribution in [-0.2, 0) is 58.0 Å². The van der Waals surface area contributed by atoms with Crippen LogP contribution in [0.25, 0.3) is 0 Å². The van der Waals surface area contributed by atoms with E-state index in [1.165, 1.54) is 4.57 Å². The van der Waals surface area contributed by atoms with Crippen LogP contribution in [0.2, 0.25) is 5.02 Å². The van der Waals surface area contributed by atoms with E-state index in [9.17, 15) is 32.7 Å². The average Bonchev–Trinajstić information content (AvgIpc) is 3.62. The van der Waals surface area contributed by atoms with Gasteiger partial charge in [-0.1, -0.05) is 18.5 Å². The third-order valence-electron chi connectivity index (χ3n) is 9.96. The van der Waals surface area contributed by atoms with E-state index >= 15 is 0 Å². The van der Waals surface area contributed by atoms with Gasteiger partial charge in [0.05, 0.1) is 48.3 Å². The second kappa shape index (κ2) is 17.7. The zero-order valence-corrected chi connectivity index (χ0v) is 31.7. The molecular formula is C35H44ClF3N10O7. The number of rotatable bonds is 13. The fraction of sp³-hybridized carbons (Fsp3) is 0.543. The molecule has 1 aromatic carbocycles.